The Labute approximate surface area is 294 Å². The zero-order valence-corrected chi connectivity index (χ0v) is 27.8. The molecule has 3 aliphatic rings. The van der Waals surface area contributed by atoms with Crippen LogP contribution >= 0.6 is 0 Å². The summed E-state index contributed by atoms with van der Waals surface area (Å²) in [5, 5.41) is 34.0. The smallest absolute Gasteiger partial charge is 0.254 e. The minimum Gasteiger partial charge on any atom is -0.365 e. The highest BCUT2D eigenvalue weighted by molar-refractivity contribution is 5.98. The number of ether oxygens (including phenoxy) is 2. The van der Waals surface area contributed by atoms with Crippen molar-refractivity contribution >= 4 is 40.6 Å². The van der Waals surface area contributed by atoms with E-state index in [1.807, 2.05) is 60.7 Å². The van der Waals surface area contributed by atoms with Crippen LogP contribution in [0.25, 0.3) is 0 Å². The quantitative estimate of drug-likeness (QED) is 0.201. The number of carbonyl (C=O) groups is 3. The zero-order chi connectivity index (χ0) is 36.0. The van der Waals surface area contributed by atoms with Gasteiger partial charge in [-0.1, -0.05) is 36.4 Å². The number of nitrogens with one attached hydrogen (secondary N) is 2. The molecule has 15 heteroatoms. The SMILES string of the molecule is N#CC1CCC(=O)CC1n1cc(C(N)=O)c(Nc2ccccc2)n1.N#CC1CCC2(CC1n1cc(C(N)=O)c(Nc3ccccc3)n1)OCCO2. The summed E-state index contributed by atoms with van der Waals surface area (Å²) in [7, 11) is 0. The average molecular weight is 691 g/mol. The highest BCUT2D eigenvalue weighted by atomic mass is 16.7. The van der Waals surface area contributed by atoms with Crippen LogP contribution in [0.15, 0.2) is 73.1 Å². The molecular formula is C36H38N10O5. The number of rotatable bonds is 8. The maximum Gasteiger partial charge on any atom is 0.254 e. The number of nitrogens with two attached hydrogens (primary N) is 2. The van der Waals surface area contributed by atoms with E-state index in [1.54, 1.807) is 10.9 Å². The number of carbonyl (C=O) groups excluding carboxylic acids is 3. The molecule has 4 unspecified atom stereocenters. The van der Waals surface area contributed by atoms with E-state index in [4.69, 9.17) is 20.9 Å². The first-order chi connectivity index (χ1) is 24.7. The van der Waals surface area contributed by atoms with Crippen LogP contribution in [0.2, 0.25) is 0 Å². The lowest BCUT2D eigenvalue weighted by molar-refractivity contribution is -0.190. The highest BCUT2D eigenvalue weighted by Gasteiger charge is 2.46. The largest absolute Gasteiger partial charge is 0.365 e. The van der Waals surface area contributed by atoms with E-state index in [2.05, 4.69) is 33.0 Å². The molecular weight excluding hydrogens is 652 g/mol. The normalized spacial score (nSPS) is 22.2. The molecule has 3 heterocycles. The number of benzene rings is 2. The molecule has 0 radical (unpaired) electrons. The van der Waals surface area contributed by atoms with Gasteiger partial charge >= 0.3 is 0 Å². The highest BCUT2D eigenvalue weighted by Crippen LogP contribution is 2.44. The summed E-state index contributed by atoms with van der Waals surface area (Å²) in [5.74, 6) is -1.62. The Kier molecular flexibility index (Phi) is 10.4. The van der Waals surface area contributed by atoms with Crippen LogP contribution in [0.3, 0.4) is 0 Å². The molecule has 2 aromatic carbocycles. The Morgan fingerprint density at radius 2 is 1.27 bits per heavy atom. The fourth-order valence-corrected chi connectivity index (χ4v) is 6.72. The lowest BCUT2D eigenvalue weighted by Gasteiger charge is -2.38. The molecule has 4 atom stereocenters. The second-order valence-corrected chi connectivity index (χ2v) is 12.7. The van der Waals surface area contributed by atoms with E-state index >= 15 is 0 Å². The number of primary amides is 2. The van der Waals surface area contributed by atoms with Crippen LogP contribution in [0, 0.1) is 34.5 Å². The predicted octanol–water partition coefficient (Wildman–Crippen LogP) is 4.49. The Bertz CT molecular complexity index is 1960. The third-order valence-electron chi connectivity index (χ3n) is 9.35. The van der Waals surface area contributed by atoms with Crippen molar-refractivity contribution in [3.05, 3.63) is 84.2 Å². The van der Waals surface area contributed by atoms with E-state index in [0.717, 1.165) is 11.4 Å². The molecule has 2 saturated carbocycles. The van der Waals surface area contributed by atoms with Gasteiger partial charge in [0.2, 0.25) is 0 Å². The minimum absolute atomic E-state index is 0.0974. The summed E-state index contributed by atoms with van der Waals surface area (Å²) in [6.07, 6.45) is 6.12. The van der Waals surface area contributed by atoms with Crippen LogP contribution in [0.1, 0.15) is 71.3 Å². The predicted molar refractivity (Wildman–Crippen MR) is 185 cm³/mol. The molecule has 15 nitrogen and oxygen atoms in total. The summed E-state index contributed by atoms with van der Waals surface area (Å²) in [6, 6.07) is 22.6. The van der Waals surface area contributed by atoms with E-state index in [0.29, 0.717) is 57.0 Å². The molecule has 51 heavy (non-hydrogen) atoms. The molecule has 6 N–H and O–H groups in total. The van der Waals surface area contributed by atoms with Crippen molar-refractivity contribution < 1.29 is 23.9 Å². The van der Waals surface area contributed by atoms with Gasteiger partial charge < -0.3 is 31.6 Å². The molecule has 2 amide bonds. The van der Waals surface area contributed by atoms with Crippen molar-refractivity contribution in [1.82, 2.24) is 19.6 Å². The van der Waals surface area contributed by atoms with Crippen molar-refractivity contribution in [2.45, 2.75) is 56.4 Å². The second kappa shape index (κ2) is 15.2. The molecule has 0 bridgehead atoms. The van der Waals surface area contributed by atoms with E-state index in [9.17, 15) is 24.9 Å². The number of aromatic nitrogens is 4. The van der Waals surface area contributed by atoms with Gasteiger partial charge in [-0.15, -0.1) is 0 Å². The van der Waals surface area contributed by atoms with Gasteiger partial charge in [-0.3, -0.25) is 23.7 Å². The number of hydrogen-bond acceptors (Lipinski definition) is 11. The Morgan fingerprint density at radius 1 is 0.784 bits per heavy atom. The number of Topliss-reactive ketones (excluding diaryl/α,β-unsaturated/α-hetero) is 1. The van der Waals surface area contributed by atoms with Crippen LogP contribution in [0.5, 0.6) is 0 Å². The van der Waals surface area contributed by atoms with Gasteiger partial charge in [0.15, 0.2) is 17.4 Å². The van der Waals surface area contributed by atoms with Gasteiger partial charge in [-0.25, -0.2) is 0 Å². The van der Waals surface area contributed by atoms with Crippen LogP contribution in [-0.2, 0) is 14.3 Å². The Morgan fingerprint density at radius 3 is 1.76 bits per heavy atom. The van der Waals surface area contributed by atoms with E-state index in [-0.39, 0.29) is 47.3 Å². The Hall–Kier alpha value is -6.03. The molecule has 7 rings (SSSR count). The first-order valence-electron chi connectivity index (χ1n) is 16.7. The minimum atomic E-state index is -0.663. The summed E-state index contributed by atoms with van der Waals surface area (Å²) >= 11 is 0. The van der Waals surface area contributed by atoms with Crippen LogP contribution < -0.4 is 22.1 Å². The van der Waals surface area contributed by atoms with Crippen molar-refractivity contribution in [2.75, 3.05) is 23.8 Å². The molecule has 3 fully saturated rings. The third kappa shape index (κ3) is 7.91. The van der Waals surface area contributed by atoms with Crippen molar-refractivity contribution in [3.63, 3.8) is 0 Å². The number of para-hydroxylation sites is 2. The third-order valence-corrected chi connectivity index (χ3v) is 9.35. The Balaban J connectivity index is 0.000000177. The lowest BCUT2D eigenvalue weighted by atomic mass is 9.81. The van der Waals surface area contributed by atoms with Crippen molar-refractivity contribution in [3.8, 4) is 12.1 Å². The van der Waals surface area contributed by atoms with Crippen molar-refractivity contribution in [2.24, 2.45) is 23.3 Å². The maximum absolute atomic E-state index is 11.9. The number of hydrogen-bond donors (Lipinski definition) is 4. The summed E-state index contributed by atoms with van der Waals surface area (Å²) in [5.41, 5.74) is 13.1. The molecule has 262 valence electrons. The van der Waals surface area contributed by atoms with Crippen molar-refractivity contribution in [1.29, 1.82) is 10.5 Å². The summed E-state index contributed by atoms with van der Waals surface area (Å²) in [6.45, 7) is 1.10. The fourth-order valence-electron chi connectivity index (χ4n) is 6.72. The summed E-state index contributed by atoms with van der Waals surface area (Å²) < 4.78 is 14.8. The average Bonchev–Trinajstić information content (AvgIpc) is 3.89. The summed E-state index contributed by atoms with van der Waals surface area (Å²) in [4.78, 5) is 35.4. The van der Waals surface area contributed by atoms with Crippen LogP contribution in [-0.4, -0.2) is 56.2 Å². The molecule has 4 aromatic rings. The number of nitrogens with zero attached hydrogens (tertiary/aromatic N) is 6. The van der Waals surface area contributed by atoms with Gasteiger partial charge in [0.05, 0.1) is 49.3 Å². The molecule has 1 saturated heterocycles. The zero-order valence-electron chi connectivity index (χ0n) is 27.8. The first kappa shape index (κ1) is 34.8. The fraction of sp³-hybridized carbons (Fsp3) is 0.361. The lowest BCUT2D eigenvalue weighted by Crippen LogP contribution is -2.41. The molecule has 1 aliphatic heterocycles. The number of nitriles is 2. The van der Waals surface area contributed by atoms with Gasteiger partial charge in [0.25, 0.3) is 11.8 Å². The van der Waals surface area contributed by atoms with Crippen LogP contribution in [0.4, 0.5) is 23.0 Å². The topological polar surface area (TPSA) is 229 Å². The second-order valence-electron chi connectivity index (χ2n) is 12.7. The number of ketones is 1. The molecule has 1 spiro atoms. The van der Waals surface area contributed by atoms with E-state index < -0.39 is 17.6 Å². The first-order valence-corrected chi connectivity index (χ1v) is 16.7. The van der Waals surface area contributed by atoms with E-state index in [1.165, 1.54) is 10.9 Å². The maximum atomic E-state index is 11.9. The monoisotopic (exact) mass is 690 g/mol. The number of amides is 2. The van der Waals surface area contributed by atoms with Gasteiger partial charge in [0, 0.05) is 49.5 Å². The van der Waals surface area contributed by atoms with Gasteiger partial charge in [0.1, 0.15) is 16.9 Å². The standard InChI is InChI=1S/C19H21N5O3.C17H17N5O2/c20-11-13-6-7-19(26-8-9-27-19)10-16(13)24-12-15(17(21)25)18(23-24)22-14-4-2-1-3-5-14;18-9-11-6-7-13(23)8-15(11)22-10-14(16(19)24)17(21-22)20-12-4-2-1-3-5-12/h1-5,12-13,16H,6-10H2,(H2,21,25)(H,22,23);1-5,10-11,15H,6-8H2,(H2,19,24)(H,20,21). The molecule has 2 aliphatic carbocycles. The van der Waals surface area contributed by atoms with Gasteiger partial charge in [-0.05, 0) is 37.1 Å². The number of anilines is 4. The van der Waals surface area contributed by atoms with Gasteiger partial charge in [-0.2, -0.15) is 20.7 Å². The molecule has 2 aromatic heterocycles.